The van der Waals surface area contributed by atoms with Gasteiger partial charge in [0.15, 0.2) is 0 Å². The summed E-state index contributed by atoms with van der Waals surface area (Å²) >= 11 is 0. The first kappa shape index (κ1) is 28.5. The van der Waals surface area contributed by atoms with Gasteiger partial charge in [-0.1, -0.05) is 11.6 Å². The van der Waals surface area contributed by atoms with Crippen molar-refractivity contribution in [3.05, 3.63) is 11.6 Å². The summed E-state index contributed by atoms with van der Waals surface area (Å²) in [7, 11) is 1.64. The first-order valence-electron chi connectivity index (χ1n) is 13.9. The molecule has 10 nitrogen and oxygen atoms in total. The van der Waals surface area contributed by atoms with Gasteiger partial charge in [0, 0.05) is 33.3 Å². The van der Waals surface area contributed by atoms with Gasteiger partial charge in [0.2, 0.25) is 0 Å². The zero-order valence-electron chi connectivity index (χ0n) is 23.3. The quantitative estimate of drug-likeness (QED) is 0.332. The summed E-state index contributed by atoms with van der Waals surface area (Å²) in [6.07, 6.45) is -0.0374. The summed E-state index contributed by atoms with van der Waals surface area (Å²) in [4.78, 5) is 30.1. The maximum absolute atomic E-state index is 13.0. The van der Waals surface area contributed by atoms with Crippen LogP contribution in [0.15, 0.2) is 11.6 Å². The third-order valence-corrected chi connectivity index (χ3v) is 8.89. The fourth-order valence-electron chi connectivity index (χ4n) is 6.46. The van der Waals surface area contributed by atoms with E-state index in [4.69, 9.17) is 23.7 Å². The number of piperazine rings is 1. The van der Waals surface area contributed by atoms with Crippen molar-refractivity contribution in [3.8, 4) is 0 Å². The van der Waals surface area contributed by atoms with Crippen LogP contribution in [0.25, 0.3) is 0 Å². The molecule has 1 aliphatic carbocycles. The van der Waals surface area contributed by atoms with Crippen molar-refractivity contribution in [2.45, 2.75) is 82.1 Å². The predicted octanol–water partition coefficient (Wildman–Crippen LogP) is 2.90. The standard InChI is InChI=1S/C27H41F2N3O7/c1-17(2)5-6-20-26(3,39-20)23-22(35-4)19(7-8-27(23)16-36-27)38-25(34)32-13-18(14-32)37-24(33)31-11-9-30(10-12-31)15-21(28)29/h5,18-23H,6-16H2,1-4H3/t19-,20-,22-,23-,26+,27+/m1/s1. The van der Waals surface area contributed by atoms with Gasteiger partial charge in [-0.25, -0.2) is 18.4 Å². The Hall–Kier alpha value is -2.02. The van der Waals surface area contributed by atoms with Crippen molar-refractivity contribution in [2.75, 3.05) is 59.5 Å². The van der Waals surface area contributed by atoms with Crippen molar-refractivity contribution in [2.24, 2.45) is 5.92 Å². The first-order chi connectivity index (χ1) is 18.5. The number of likely N-dealkylation sites (tertiary alicyclic amines) is 1. The molecule has 1 spiro atoms. The van der Waals surface area contributed by atoms with Crippen LogP contribution in [0.4, 0.5) is 18.4 Å². The summed E-state index contributed by atoms with van der Waals surface area (Å²) in [5.74, 6) is -0.0524. The average molecular weight is 558 g/mol. The number of carbonyl (C=O) groups excluding carboxylic acids is 2. The largest absolute Gasteiger partial charge is 0.443 e. The van der Waals surface area contributed by atoms with Crippen molar-refractivity contribution < 1.29 is 42.1 Å². The number of ether oxygens (including phenoxy) is 5. The van der Waals surface area contributed by atoms with E-state index in [9.17, 15) is 18.4 Å². The maximum Gasteiger partial charge on any atom is 0.410 e. The molecule has 12 heteroatoms. The van der Waals surface area contributed by atoms with Gasteiger partial charge < -0.3 is 33.5 Å². The number of hydrogen-bond acceptors (Lipinski definition) is 8. The molecule has 0 aromatic heterocycles. The molecule has 0 N–H and O–H groups in total. The number of halogens is 2. The second-order valence-electron chi connectivity index (χ2n) is 11.9. The molecule has 220 valence electrons. The van der Waals surface area contributed by atoms with Crippen LogP contribution < -0.4 is 0 Å². The Kier molecular flexibility index (Phi) is 8.11. The zero-order chi connectivity index (χ0) is 27.9. The van der Waals surface area contributed by atoms with Crippen molar-refractivity contribution in [1.82, 2.24) is 14.7 Å². The smallest absolute Gasteiger partial charge is 0.410 e. The second kappa shape index (κ2) is 11.1. The minimum Gasteiger partial charge on any atom is -0.443 e. The van der Waals surface area contributed by atoms with Crippen molar-refractivity contribution in [3.63, 3.8) is 0 Å². The molecule has 2 amide bonds. The number of epoxide rings is 2. The van der Waals surface area contributed by atoms with Crippen LogP contribution in [0.3, 0.4) is 0 Å². The first-order valence-corrected chi connectivity index (χ1v) is 13.9. The van der Waals surface area contributed by atoms with Gasteiger partial charge in [0.1, 0.15) is 29.5 Å². The van der Waals surface area contributed by atoms with E-state index in [1.807, 2.05) is 0 Å². The van der Waals surface area contributed by atoms with E-state index in [1.54, 1.807) is 12.0 Å². The number of methoxy groups -OCH3 is 1. The third kappa shape index (κ3) is 6.03. The fraction of sp³-hybridized carbons (Fsp3) is 0.852. The molecule has 5 fully saturated rings. The minimum absolute atomic E-state index is 0.0524. The van der Waals surface area contributed by atoms with E-state index in [-0.39, 0.29) is 43.4 Å². The van der Waals surface area contributed by atoms with E-state index in [0.29, 0.717) is 39.2 Å². The van der Waals surface area contributed by atoms with Gasteiger partial charge in [-0.05, 0) is 40.0 Å². The topological polar surface area (TPSA) is 96.6 Å². The molecule has 0 aromatic rings. The highest BCUT2D eigenvalue weighted by Crippen LogP contribution is 2.59. The summed E-state index contributed by atoms with van der Waals surface area (Å²) in [6, 6.07) is 0. The highest BCUT2D eigenvalue weighted by molar-refractivity contribution is 5.71. The lowest BCUT2D eigenvalue weighted by molar-refractivity contribution is -0.127. The van der Waals surface area contributed by atoms with Gasteiger partial charge in [-0.2, -0.15) is 0 Å². The van der Waals surface area contributed by atoms with Crippen molar-refractivity contribution >= 4 is 12.2 Å². The molecule has 39 heavy (non-hydrogen) atoms. The van der Waals surface area contributed by atoms with Crippen LogP contribution >= 0.6 is 0 Å². The summed E-state index contributed by atoms with van der Waals surface area (Å²) in [5.41, 5.74) is 0.545. The third-order valence-electron chi connectivity index (χ3n) is 8.89. The van der Waals surface area contributed by atoms with Crippen LogP contribution in [0.2, 0.25) is 0 Å². The number of alkyl halides is 2. The number of carbonyl (C=O) groups is 2. The highest BCUT2D eigenvalue weighted by Gasteiger charge is 2.72. The summed E-state index contributed by atoms with van der Waals surface area (Å²) in [5, 5.41) is 0. The van der Waals surface area contributed by atoms with Crippen LogP contribution in [-0.4, -0.2) is 128 Å². The summed E-state index contributed by atoms with van der Waals surface area (Å²) < 4.78 is 54.7. The van der Waals surface area contributed by atoms with Gasteiger partial charge in [0.25, 0.3) is 6.43 Å². The molecule has 4 heterocycles. The summed E-state index contributed by atoms with van der Waals surface area (Å²) in [6.45, 7) is 8.58. The zero-order valence-corrected chi connectivity index (χ0v) is 23.3. The lowest BCUT2D eigenvalue weighted by Crippen LogP contribution is -2.60. The number of hydrogen-bond donors (Lipinski definition) is 0. The highest BCUT2D eigenvalue weighted by atomic mass is 19.3. The van der Waals surface area contributed by atoms with E-state index < -0.39 is 36.4 Å². The lowest BCUT2D eigenvalue weighted by atomic mass is 9.68. The minimum atomic E-state index is -2.39. The maximum atomic E-state index is 13.0. The normalized spacial score (nSPS) is 36.5. The van der Waals surface area contributed by atoms with E-state index in [1.165, 1.54) is 15.4 Å². The molecule has 0 aromatic carbocycles. The number of amides is 2. The Balaban J connectivity index is 1.09. The van der Waals surface area contributed by atoms with E-state index in [0.717, 1.165) is 12.8 Å². The van der Waals surface area contributed by atoms with Crippen LogP contribution in [0.5, 0.6) is 0 Å². The molecule has 5 aliphatic rings. The lowest BCUT2D eigenvalue weighted by Gasteiger charge is -2.44. The Morgan fingerprint density at radius 3 is 2.33 bits per heavy atom. The predicted molar refractivity (Wildman–Crippen MR) is 136 cm³/mol. The molecule has 4 saturated heterocycles. The Morgan fingerprint density at radius 2 is 1.74 bits per heavy atom. The number of nitrogens with zero attached hydrogens (tertiary/aromatic N) is 3. The number of allylic oxidation sites excluding steroid dienone is 1. The second-order valence-corrected chi connectivity index (χ2v) is 11.9. The molecule has 1 saturated carbocycles. The van der Waals surface area contributed by atoms with Crippen LogP contribution in [0, 0.1) is 5.92 Å². The monoisotopic (exact) mass is 557 g/mol. The Morgan fingerprint density at radius 1 is 1.08 bits per heavy atom. The molecule has 4 aliphatic heterocycles. The van der Waals surface area contributed by atoms with Gasteiger partial charge in [0.05, 0.1) is 38.3 Å². The van der Waals surface area contributed by atoms with Crippen molar-refractivity contribution in [1.29, 1.82) is 0 Å². The van der Waals surface area contributed by atoms with Gasteiger partial charge >= 0.3 is 12.2 Å². The SMILES string of the molecule is CO[C@@H]1[C@H](OC(=O)N2CC(OC(=O)N3CCN(CC(F)F)CC3)C2)CC[C@]2(CO2)[C@H]1[C@@]1(C)O[C@@H]1CC=C(C)C. The number of rotatable bonds is 8. The molecular weight excluding hydrogens is 516 g/mol. The average Bonchev–Trinajstić information content (AvgIpc) is 3.77. The Labute approximate surface area is 228 Å². The van der Waals surface area contributed by atoms with E-state index >= 15 is 0 Å². The van der Waals surface area contributed by atoms with Crippen LogP contribution in [-0.2, 0) is 23.7 Å². The Bertz CT molecular complexity index is 946. The molecule has 6 atom stereocenters. The fourth-order valence-corrected chi connectivity index (χ4v) is 6.46. The molecule has 5 rings (SSSR count). The molecule has 0 unspecified atom stereocenters. The molecular formula is C27H41F2N3O7. The van der Waals surface area contributed by atoms with E-state index in [2.05, 4.69) is 26.8 Å². The van der Waals surface area contributed by atoms with Gasteiger partial charge in [-0.15, -0.1) is 0 Å². The molecule has 0 bridgehead atoms. The van der Waals surface area contributed by atoms with Gasteiger partial charge in [-0.3, -0.25) is 4.90 Å². The van der Waals surface area contributed by atoms with Crippen LogP contribution in [0.1, 0.15) is 40.0 Å². The molecule has 0 radical (unpaired) electrons.